The summed E-state index contributed by atoms with van der Waals surface area (Å²) in [5.74, 6) is 1.32. The molecule has 0 spiro atoms. The number of nitrogens with one attached hydrogen (secondary N) is 1. The Morgan fingerprint density at radius 1 is 1.04 bits per heavy atom. The maximum absolute atomic E-state index is 12.3. The van der Waals surface area contributed by atoms with E-state index >= 15 is 0 Å². The second-order valence-electron chi connectivity index (χ2n) is 5.30. The fraction of sp³-hybridized carbons (Fsp3) is 0.278. The van der Waals surface area contributed by atoms with Gasteiger partial charge in [0.15, 0.2) is 0 Å². The van der Waals surface area contributed by atoms with Gasteiger partial charge in [-0.3, -0.25) is 4.79 Å². The number of hydrogen-bond donors (Lipinski definition) is 1. The molecule has 0 aromatic heterocycles. The summed E-state index contributed by atoms with van der Waals surface area (Å²) in [6.45, 7) is 0.370. The molecule has 0 saturated heterocycles. The minimum absolute atomic E-state index is 0.125. The molecule has 0 atom stereocenters. The number of carbonyl (C=O) groups is 1. The number of amides is 1. The van der Waals surface area contributed by atoms with Gasteiger partial charge in [0.1, 0.15) is 11.5 Å². The van der Waals surface area contributed by atoms with Gasteiger partial charge in [-0.2, -0.15) is 0 Å². The number of nitrogens with zero attached hydrogens (tertiary/aromatic N) is 1. The quantitative estimate of drug-likeness (QED) is 0.891. The number of carbonyl (C=O) groups excluding carboxylic acids is 1. The second kappa shape index (κ2) is 7.54. The summed E-state index contributed by atoms with van der Waals surface area (Å²) >= 11 is 0. The lowest BCUT2D eigenvalue weighted by molar-refractivity contribution is 0.0950. The lowest BCUT2D eigenvalue weighted by atomic mass is 10.1. The van der Waals surface area contributed by atoms with Gasteiger partial charge in [0.05, 0.1) is 14.2 Å². The van der Waals surface area contributed by atoms with Gasteiger partial charge in [0, 0.05) is 37.5 Å². The number of benzene rings is 2. The van der Waals surface area contributed by atoms with Gasteiger partial charge < -0.3 is 19.7 Å². The highest BCUT2D eigenvalue weighted by molar-refractivity contribution is 5.94. The molecule has 0 saturated carbocycles. The second-order valence-corrected chi connectivity index (χ2v) is 5.30. The van der Waals surface area contributed by atoms with E-state index in [9.17, 15) is 4.79 Å². The first-order chi connectivity index (χ1) is 11.0. The van der Waals surface area contributed by atoms with Crippen LogP contribution >= 0.6 is 0 Å². The summed E-state index contributed by atoms with van der Waals surface area (Å²) in [6, 6.07) is 13.0. The Morgan fingerprint density at radius 3 is 2.30 bits per heavy atom. The SMILES string of the molecule is COc1ccc(OC)c(CNC(=O)c2ccc(N(C)C)cc2)c1. The van der Waals surface area contributed by atoms with Crippen molar-refractivity contribution in [3.05, 3.63) is 53.6 Å². The molecule has 1 amide bonds. The highest BCUT2D eigenvalue weighted by Crippen LogP contribution is 2.23. The molecule has 0 radical (unpaired) electrons. The summed E-state index contributed by atoms with van der Waals surface area (Å²) in [5.41, 5.74) is 2.54. The van der Waals surface area contributed by atoms with Crippen molar-refractivity contribution in [2.75, 3.05) is 33.2 Å². The van der Waals surface area contributed by atoms with Crippen molar-refractivity contribution >= 4 is 11.6 Å². The molecule has 0 aliphatic carbocycles. The first-order valence-electron chi connectivity index (χ1n) is 7.31. The molecule has 2 aromatic rings. The molecule has 0 fully saturated rings. The molecule has 2 rings (SSSR count). The Bertz CT molecular complexity index is 666. The zero-order chi connectivity index (χ0) is 16.8. The fourth-order valence-corrected chi connectivity index (χ4v) is 2.21. The van der Waals surface area contributed by atoms with Gasteiger partial charge in [-0.25, -0.2) is 0 Å². The molecule has 0 heterocycles. The minimum atomic E-state index is -0.125. The highest BCUT2D eigenvalue weighted by atomic mass is 16.5. The Morgan fingerprint density at radius 2 is 1.74 bits per heavy atom. The Labute approximate surface area is 136 Å². The average Bonchev–Trinajstić information content (AvgIpc) is 2.59. The monoisotopic (exact) mass is 314 g/mol. The van der Waals surface area contributed by atoms with E-state index in [2.05, 4.69) is 5.32 Å². The van der Waals surface area contributed by atoms with Gasteiger partial charge in [-0.15, -0.1) is 0 Å². The van der Waals surface area contributed by atoms with Crippen LogP contribution in [-0.2, 0) is 6.54 Å². The zero-order valence-corrected chi connectivity index (χ0v) is 13.9. The molecule has 0 bridgehead atoms. The topological polar surface area (TPSA) is 50.8 Å². The van der Waals surface area contributed by atoms with Crippen LogP contribution in [0.4, 0.5) is 5.69 Å². The molecule has 0 aliphatic heterocycles. The van der Waals surface area contributed by atoms with Crippen LogP contribution in [0.25, 0.3) is 0 Å². The summed E-state index contributed by atoms with van der Waals surface area (Å²) in [5, 5.41) is 2.90. The van der Waals surface area contributed by atoms with E-state index in [1.165, 1.54) is 0 Å². The number of hydrogen-bond acceptors (Lipinski definition) is 4. The molecule has 122 valence electrons. The first-order valence-corrected chi connectivity index (χ1v) is 7.31. The van der Waals surface area contributed by atoms with Gasteiger partial charge in [-0.1, -0.05) is 0 Å². The summed E-state index contributed by atoms with van der Waals surface area (Å²) in [4.78, 5) is 14.2. The molecule has 23 heavy (non-hydrogen) atoms. The third-order valence-corrected chi connectivity index (χ3v) is 3.57. The Balaban J connectivity index is 2.06. The van der Waals surface area contributed by atoms with E-state index in [1.807, 2.05) is 61.5 Å². The number of methoxy groups -OCH3 is 2. The fourth-order valence-electron chi connectivity index (χ4n) is 2.21. The van der Waals surface area contributed by atoms with Crippen molar-refractivity contribution in [3.8, 4) is 11.5 Å². The van der Waals surface area contributed by atoms with E-state index in [-0.39, 0.29) is 5.91 Å². The maximum Gasteiger partial charge on any atom is 0.251 e. The van der Waals surface area contributed by atoms with Crippen LogP contribution in [0.3, 0.4) is 0 Å². The standard InChI is InChI=1S/C18H22N2O3/c1-20(2)15-7-5-13(6-8-15)18(21)19-12-14-11-16(22-3)9-10-17(14)23-4/h5-11H,12H2,1-4H3,(H,19,21). The van der Waals surface area contributed by atoms with Crippen molar-refractivity contribution < 1.29 is 14.3 Å². The molecule has 1 N–H and O–H groups in total. The van der Waals surface area contributed by atoms with Crippen molar-refractivity contribution in [1.29, 1.82) is 0 Å². The van der Waals surface area contributed by atoms with Gasteiger partial charge in [0.25, 0.3) is 5.91 Å². The van der Waals surface area contributed by atoms with Crippen LogP contribution in [0.15, 0.2) is 42.5 Å². The molecule has 0 unspecified atom stereocenters. The van der Waals surface area contributed by atoms with E-state index < -0.39 is 0 Å². The number of anilines is 1. The summed E-state index contributed by atoms with van der Waals surface area (Å²) < 4.78 is 10.5. The van der Waals surface area contributed by atoms with E-state index in [0.29, 0.717) is 17.9 Å². The van der Waals surface area contributed by atoms with E-state index in [4.69, 9.17) is 9.47 Å². The van der Waals surface area contributed by atoms with Gasteiger partial charge in [-0.05, 0) is 42.5 Å². The number of rotatable bonds is 6. The maximum atomic E-state index is 12.3. The molecule has 2 aromatic carbocycles. The van der Waals surface area contributed by atoms with Crippen LogP contribution in [0, 0.1) is 0 Å². The summed E-state index contributed by atoms with van der Waals surface area (Å²) in [6.07, 6.45) is 0. The molecule has 5 nitrogen and oxygen atoms in total. The predicted molar refractivity (Wildman–Crippen MR) is 91.5 cm³/mol. The molecule has 0 aliphatic rings. The van der Waals surface area contributed by atoms with E-state index in [1.54, 1.807) is 14.2 Å². The third kappa shape index (κ3) is 4.16. The largest absolute Gasteiger partial charge is 0.497 e. The lowest BCUT2D eigenvalue weighted by Gasteiger charge is -2.13. The Kier molecular flexibility index (Phi) is 5.46. The predicted octanol–water partition coefficient (Wildman–Crippen LogP) is 2.70. The van der Waals surface area contributed by atoms with Crippen LogP contribution in [0.1, 0.15) is 15.9 Å². The Hall–Kier alpha value is -2.69. The normalized spacial score (nSPS) is 10.1. The smallest absolute Gasteiger partial charge is 0.251 e. The van der Waals surface area contributed by atoms with Crippen molar-refractivity contribution in [2.24, 2.45) is 0 Å². The van der Waals surface area contributed by atoms with Crippen molar-refractivity contribution in [2.45, 2.75) is 6.54 Å². The van der Waals surface area contributed by atoms with Gasteiger partial charge in [0.2, 0.25) is 0 Å². The third-order valence-electron chi connectivity index (χ3n) is 3.57. The highest BCUT2D eigenvalue weighted by Gasteiger charge is 2.09. The van der Waals surface area contributed by atoms with Crippen LogP contribution in [0.2, 0.25) is 0 Å². The first kappa shape index (κ1) is 16.7. The number of ether oxygens (including phenoxy) is 2. The van der Waals surface area contributed by atoms with Crippen LogP contribution in [0.5, 0.6) is 11.5 Å². The lowest BCUT2D eigenvalue weighted by Crippen LogP contribution is -2.23. The molecule has 5 heteroatoms. The average molecular weight is 314 g/mol. The van der Waals surface area contributed by atoms with Crippen LogP contribution < -0.4 is 19.7 Å². The molecular weight excluding hydrogens is 292 g/mol. The minimum Gasteiger partial charge on any atom is -0.497 e. The van der Waals surface area contributed by atoms with Gasteiger partial charge >= 0.3 is 0 Å². The van der Waals surface area contributed by atoms with Crippen molar-refractivity contribution in [3.63, 3.8) is 0 Å². The van der Waals surface area contributed by atoms with E-state index in [0.717, 1.165) is 17.0 Å². The molecular formula is C18H22N2O3. The van der Waals surface area contributed by atoms with Crippen molar-refractivity contribution in [1.82, 2.24) is 5.32 Å². The van der Waals surface area contributed by atoms with Crippen LogP contribution in [-0.4, -0.2) is 34.2 Å². The summed E-state index contributed by atoms with van der Waals surface area (Å²) in [7, 11) is 7.14. The zero-order valence-electron chi connectivity index (χ0n) is 13.9.